The normalized spacial score (nSPS) is 23.2. The molecule has 2 saturated carbocycles. The molecule has 1 N–H and O–H groups in total. The van der Waals surface area contributed by atoms with Gasteiger partial charge in [0.15, 0.2) is 0 Å². The van der Waals surface area contributed by atoms with Gasteiger partial charge in [0.25, 0.3) is 0 Å². The number of halogens is 1. The third-order valence-electron chi connectivity index (χ3n) is 10.4. The van der Waals surface area contributed by atoms with E-state index in [1.807, 2.05) is 36.4 Å². The quantitative estimate of drug-likeness (QED) is 0.272. The molecular weight excluding hydrogens is 515 g/mol. The van der Waals surface area contributed by atoms with Crippen LogP contribution in [0.4, 0.5) is 4.39 Å². The van der Waals surface area contributed by atoms with E-state index in [9.17, 15) is 9.90 Å². The maximum absolute atomic E-state index is 15.3. The Balaban J connectivity index is 1.34. The van der Waals surface area contributed by atoms with Crippen molar-refractivity contribution >= 4 is 11.5 Å². The van der Waals surface area contributed by atoms with Crippen LogP contribution in [0.3, 0.4) is 0 Å². The van der Waals surface area contributed by atoms with Crippen molar-refractivity contribution in [2.45, 2.75) is 65.4 Å². The minimum absolute atomic E-state index is 0.00245. The van der Waals surface area contributed by atoms with Crippen molar-refractivity contribution in [3.63, 3.8) is 0 Å². The number of fused-ring (bicyclic) bond motifs is 2. The molecule has 3 aromatic carbocycles. The molecule has 0 aliphatic heterocycles. The monoisotopic (exact) mass is 554 g/mol. The summed E-state index contributed by atoms with van der Waals surface area (Å²) in [6.07, 6.45) is 7.03. The molecule has 0 spiro atoms. The number of carbonyl (C=O) groups is 1. The fourth-order valence-corrected chi connectivity index (χ4v) is 7.30. The summed E-state index contributed by atoms with van der Waals surface area (Å²) in [5.74, 6) is 1.28. The van der Waals surface area contributed by atoms with Crippen molar-refractivity contribution < 1.29 is 23.8 Å². The molecule has 2 bridgehead atoms. The summed E-state index contributed by atoms with van der Waals surface area (Å²) in [5.41, 5.74) is 5.91. The molecule has 0 heterocycles. The van der Waals surface area contributed by atoms with Gasteiger partial charge in [0.05, 0.1) is 13.5 Å². The zero-order chi connectivity index (χ0) is 28.9. The van der Waals surface area contributed by atoms with Crippen LogP contribution in [0.2, 0.25) is 0 Å². The molecule has 6 rings (SSSR count). The van der Waals surface area contributed by atoms with Gasteiger partial charge in [-0.3, -0.25) is 4.79 Å². The highest BCUT2D eigenvalue weighted by atomic mass is 19.1. The van der Waals surface area contributed by atoms with Crippen LogP contribution in [0.1, 0.15) is 75.5 Å². The Kier molecular flexibility index (Phi) is 6.96. The molecule has 0 saturated heterocycles. The zero-order valence-electron chi connectivity index (χ0n) is 24.4. The first-order valence-electron chi connectivity index (χ1n) is 14.7. The zero-order valence-corrected chi connectivity index (χ0v) is 24.4. The summed E-state index contributed by atoms with van der Waals surface area (Å²) in [5, 5.41) is 9.43. The third-order valence-corrected chi connectivity index (χ3v) is 10.4. The summed E-state index contributed by atoms with van der Waals surface area (Å²) >= 11 is 0. The lowest BCUT2D eigenvalue weighted by Crippen LogP contribution is -2.29. The van der Waals surface area contributed by atoms with Gasteiger partial charge in [0.2, 0.25) is 0 Å². The molecule has 0 unspecified atom stereocenters. The molecule has 3 atom stereocenters. The van der Waals surface area contributed by atoms with Crippen molar-refractivity contribution in [1.29, 1.82) is 0 Å². The molecule has 3 aliphatic rings. The lowest BCUT2D eigenvalue weighted by atomic mass is 9.65. The topological polar surface area (TPSA) is 55.8 Å². The first-order valence-corrected chi connectivity index (χ1v) is 14.7. The smallest absolute Gasteiger partial charge is 0.303 e. The molecule has 5 heteroatoms. The van der Waals surface area contributed by atoms with Gasteiger partial charge in [-0.05, 0) is 118 Å². The van der Waals surface area contributed by atoms with Gasteiger partial charge in [-0.15, -0.1) is 0 Å². The van der Waals surface area contributed by atoms with Crippen molar-refractivity contribution in [1.82, 2.24) is 0 Å². The number of ether oxygens (including phenoxy) is 2. The Labute approximate surface area is 242 Å². The number of aliphatic carboxylic acids is 1. The standard InChI is InChI=1S/C36H39FO4/c1-35(2)25-14-15-36(35,3)32(18-25)30-16-22(8-12-28(30)31-19-26(40-4)11-13-33(31)37)21-41-27-7-5-6-24(17-27)29(20-34(38)39)23-9-10-23/h5-8,11-13,16-19,23,25,29H,9-10,14-15,20-21H2,1-4H3,(H,38,39)/t25-,29-,36+/m1/s1. The predicted octanol–water partition coefficient (Wildman–Crippen LogP) is 8.89. The van der Waals surface area contributed by atoms with Gasteiger partial charge in [-0.25, -0.2) is 4.39 Å². The van der Waals surface area contributed by atoms with Crippen LogP contribution in [0.15, 0.2) is 66.7 Å². The first-order chi connectivity index (χ1) is 19.6. The molecule has 0 radical (unpaired) electrons. The van der Waals surface area contributed by atoms with Crippen molar-refractivity contribution in [2.75, 3.05) is 7.11 Å². The van der Waals surface area contributed by atoms with Crippen molar-refractivity contribution in [3.05, 3.63) is 89.2 Å². The van der Waals surface area contributed by atoms with E-state index in [1.54, 1.807) is 19.2 Å². The molecular formula is C36H39FO4. The maximum Gasteiger partial charge on any atom is 0.303 e. The lowest BCUT2D eigenvalue weighted by molar-refractivity contribution is -0.137. The van der Waals surface area contributed by atoms with Gasteiger partial charge in [0, 0.05) is 5.56 Å². The van der Waals surface area contributed by atoms with Crippen LogP contribution in [-0.4, -0.2) is 18.2 Å². The number of hydrogen-bond acceptors (Lipinski definition) is 3. The second-order valence-corrected chi connectivity index (χ2v) is 12.9. The molecule has 0 aromatic heterocycles. The van der Waals surface area contributed by atoms with Crippen molar-refractivity contribution in [3.8, 4) is 22.6 Å². The summed E-state index contributed by atoms with van der Waals surface area (Å²) in [6, 6.07) is 19.0. The summed E-state index contributed by atoms with van der Waals surface area (Å²) in [4.78, 5) is 11.5. The van der Waals surface area contributed by atoms with E-state index in [2.05, 4.69) is 32.9 Å². The average Bonchev–Trinajstić information content (AvgIpc) is 3.75. The molecule has 4 nitrogen and oxygen atoms in total. The third kappa shape index (κ3) is 4.94. The number of hydrogen-bond donors (Lipinski definition) is 1. The maximum atomic E-state index is 15.3. The lowest BCUT2D eigenvalue weighted by Gasteiger charge is -2.38. The number of carboxylic acid groups (broad SMARTS) is 1. The molecule has 214 valence electrons. The number of carboxylic acids is 1. The highest BCUT2D eigenvalue weighted by molar-refractivity contribution is 5.86. The van der Waals surface area contributed by atoms with E-state index >= 15 is 4.39 Å². The van der Waals surface area contributed by atoms with E-state index in [0.717, 1.165) is 47.3 Å². The number of benzene rings is 3. The van der Waals surface area contributed by atoms with Gasteiger partial charge in [-0.2, -0.15) is 0 Å². The van der Waals surface area contributed by atoms with E-state index in [0.29, 0.717) is 29.8 Å². The second-order valence-electron chi connectivity index (χ2n) is 12.9. The van der Waals surface area contributed by atoms with Crippen LogP contribution < -0.4 is 9.47 Å². The molecule has 0 amide bonds. The molecule has 41 heavy (non-hydrogen) atoms. The molecule has 3 aliphatic carbocycles. The van der Waals surface area contributed by atoms with E-state index in [1.165, 1.54) is 18.1 Å². The number of allylic oxidation sites excluding steroid dienone is 2. The Morgan fingerprint density at radius 2 is 1.78 bits per heavy atom. The van der Waals surface area contributed by atoms with Crippen LogP contribution in [0.25, 0.3) is 16.7 Å². The summed E-state index contributed by atoms with van der Waals surface area (Å²) in [6.45, 7) is 7.44. The Bertz CT molecular complexity index is 1520. The molecule has 2 fully saturated rings. The SMILES string of the molecule is COc1ccc(F)c(-c2ccc(COc3cccc([C@H](CC(=O)O)C4CC4)c3)cc2C2=C[C@H]3CC[C@]2(C)C3(C)C)c1. The Morgan fingerprint density at radius 3 is 2.44 bits per heavy atom. The van der Waals surface area contributed by atoms with Gasteiger partial charge < -0.3 is 14.6 Å². The van der Waals surface area contributed by atoms with Crippen LogP contribution in [0.5, 0.6) is 11.5 Å². The van der Waals surface area contributed by atoms with Crippen LogP contribution in [0, 0.1) is 28.5 Å². The van der Waals surface area contributed by atoms with Crippen LogP contribution >= 0.6 is 0 Å². The fourth-order valence-electron chi connectivity index (χ4n) is 7.30. The minimum Gasteiger partial charge on any atom is -0.497 e. The minimum atomic E-state index is -0.764. The first kappa shape index (κ1) is 27.6. The average molecular weight is 555 g/mol. The highest BCUT2D eigenvalue weighted by Crippen LogP contribution is 2.68. The number of methoxy groups -OCH3 is 1. The summed E-state index contributed by atoms with van der Waals surface area (Å²) < 4.78 is 27.0. The van der Waals surface area contributed by atoms with Gasteiger partial charge in [-0.1, -0.05) is 51.1 Å². The second kappa shape index (κ2) is 10.3. The van der Waals surface area contributed by atoms with Gasteiger partial charge >= 0.3 is 5.97 Å². The largest absolute Gasteiger partial charge is 0.497 e. The van der Waals surface area contributed by atoms with E-state index in [4.69, 9.17) is 9.47 Å². The van der Waals surface area contributed by atoms with Crippen LogP contribution in [-0.2, 0) is 11.4 Å². The van der Waals surface area contributed by atoms with Gasteiger partial charge in [0.1, 0.15) is 23.9 Å². The fraction of sp³-hybridized carbons (Fsp3) is 0.417. The Hall–Kier alpha value is -3.60. The van der Waals surface area contributed by atoms with E-state index < -0.39 is 5.97 Å². The Morgan fingerprint density at radius 1 is 0.976 bits per heavy atom. The highest BCUT2D eigenvalue weighted by Gasteiger charge is 2.57. The number of rotatable bonds is 10. The predicted molar refractivity (Wildman–Crippen MR) is 159 cm³/mol. The van der Waals surface area contributed by atoms with Crippen molar-refractivity contribution in [2.24, 2.45) is 22.7 Å². The van der Waals surface area contributed by atoms with E-state index in [-0.39, 0.29) is 29.0 Å². The summed E-state index contributed by atoms with van der Waals surface area (Å²) in [7, 11) is 1.60. The molecule has 3 aromatic rings.